The van der Waals surface area contributed by atoms with Gasteiger partial charge in [0.25, 0.3) is 0 Å². The topological polar surface area (TPSA) is 236 Å². The molecule has 6 N–H and O–H groups in total. The Hall–Kier alpha value is -8.57. The molecule has 2 heterocycles. The second kappa shape index (κ2) is 36.7. The van der Waals surface area contributed by atoms with Crippen molar-refractivity contribution in [1.29, 1.82) is 0 Å². The zero-order valence-corrected chi connectivity index (χ0v) is 54.7. The van der Waals surface area contributed by atoms with Gasteiger partial charge in [-0.15, -0.1) is 0 Å². The molecule has 0 radical (unpaired) electrons. The van der Waals surface area contributed by atoms with Crippen molar-refractivity contribution >= 4 is 96.3 Å². The van der Waals surface area contributed by atoms with Crippen LogP contribution in [0.4, 0.5) is 71.0 Å². The molecule has 0 amide bonds. The summed E-state index contributed by atoms with van der Waals surface area (Å²) in [6, 6.07) is 31.8. The summed E-state index contributed by atoms with van der Waals surface area (Å²) in [4.78, 5) is 51.7. The fraction of sp³-hybridized carbons (Fsp3) is 0.206. The van der Waals surface area contributed by atoms with Crippen molar-refractivity contribution < 1.29 is 110 Å². The molecule has 2 aromatic heterocycles. The second-order valence-corrected chi connectivity index (χ2v) is 23.4. The Bertz CT molecular complexity index is 3990. The third-order valence-corrected chi connectivity index (χ3v) is 14.2. The van der Waals surface area contributed by atoms with Crippen molar-refractivity contribution in [2.45, 2.75) is 76.8 Å². The van der Waals surface area contributed by atoms with Gasteiger partial charge in [-0.25, -0.2) is 9.97 Å². The lowest BCUT2D eigenvalue weighted by Crippen LogP contribution is -2.31. The number of nitrogens with two attached hydrogens (primary N) is 1. The van der Waals surface area contributed by atoms with Crippen LogP contribution in [-0.4, -0.2) is 76.4 Å². The standard InChI is InChI=1S/C19H12F6N2OS.C16H10F6O2.C10H11BrO2.C8H8BF3O2.C8H7BrO2.C2H3N3S/c20-18(21,22)14-6-13(7-15(8-14)19(23,24)25)12-3-1-2-11(4-12)5-16(28)9-17-26-10-27-29-17;17-15(18,19)12-6-11(7-13(8-12)16(20,21)22)10-3-1-2-9(4-10)5-14(23)24;1-2-13-10(12)7-8-4-3-5-9(11)6-8;1-5-2-6(8(10,11)12)4-7(3-5)9(13)14;9-7-3-1-2-6(4-7)5-8(10)11;3-2-4-1-5-6-2/h1-4,6-8,10H,5,9H2;1-4,6-8H,5H2,(H,23,24);3-6H,2,7H2,1H3;2-4,13-14H,1H3;1-4H,5H2,(H,10,11);1H,(H2,3,4,5). The second-order valence-electron chi connectivity index (χ2n) is 19.9. The normalized spacial score (nSPS) is 11.3. The van der Waals surface area contributed by atoms with Crippen molar-refractivity contribution in [3.8, 4) is 22.3 Å². The van der Waals surface area contributed by atoms with Crippen LogP contribution in [0.3, 0.4) is 0 Å². The molecule has 0 aliphatic heterocycles. The molecule has 0 aliphatic carbocycles. The van der Waals surface area contributed by atoms with Gasteiger partial charge < -0.3 is 30.7 Å². The fourth-order valence-electron chi connectivity index (χ4n) is 8.03. The molecule has 0 saturated heterocycles. The molecule has 0 fully saturated rings. The minimum absolute atomic E-state index is 0.0293. The smallest absolute Gasteiger partial charge is 0.481 e. The Labute approximate surface area is 567 Å². The molecule has 0 saturated carbocycles. The van der Waals surface area contributed by atoms with Crippen LogP contribution < -0.4 is 11.2 Å². The van der Waals surface area contributed by atoms with Crippen LogP contribution in [0.25, 0.3) is 22.3 Å². The van der Waals surface area contributed by atoms with Crippen molar-refractivity contribution in [3.05, 3.63) is 234 Å². The van der Waals surface area contributed by atoms with Gasteiger partial charge in [0.1, 0.15) is 23.4 Å². The average Bonchev–Trinajstić information content (AvgIpc) is 1.46. The number of hydrogen-bond acceptors (Lipinski definition) is 14. The minimum atomic E-state index is -4.94. The number of alkyl halides is 15. The summed E-state index contributed by atoms with van der Waals surface area (Å²) in [5.41, 5.74) is 1.04. The highest BCUT2D eigenvalue weighted by Crippen LogP contribution is 2.41. The SMILES string of the molecule is CCOC(=O)Cc1cccc(Br)c1.Cc1cc(B(O)O)cc(C(F)(F)F)c1.Nc1ncns1.O=C(Cc1cccc(-c2cc(C(F)(F)F)cc(C(F)(F)F)c2)c1)Cc1ncns1.O=C(O)Cc1cccc(-c2cc(C(F)(F)F)cc(C(F)(F)F)c2)c1.O=C(O)Cc1cccc(Br)c1. The summed E-state index contributed by atoms with van der Waals surface area (Å²) in [6.07, 6.45) is -21.4. The highest BCUT2D eigenvalue weighted by Gasteiger charge is 2.39. The highest BCUT2D eigenvalue weighted by molar-refractivity contribution is 9.10. The number of hydrogen-bond donors (Lipinski definition) is 5. The zero-order valence-electron chi connectivity index (χ0n) is 49.8. The van der Waals surface area contributed by atoms with E-state index >= 15 is 0 Å². The van der Waals surface area contributed by atoms with Gasteiger partial charge in [-0.2, -0.15) is 74.6 Å². The Balaban J connectivity index is 0.000000263. The van der Waals surface area contributed by atoms with E-state index in [4.69, 9.17) is 30.7 Å². The predicted octanol–water partition coefficient (Wildman–Crippen LogP) is 16.1. The van der Waals surface area contributed by atoms with Crippen LogP contribution >= 0.6 is 54.9 Å². The third-order valence-electron chi connectivity index (χ3n) is 12.1. The Morgan fingerprint density at radius 1 is 0.474 bits per heavy atom. The minimum Gasteiger partial charge on any atom is -0.481 e. The molecular weight excluding hydrogens is 1490 g/mol. The van der Waals surface area contributed by atoms with Crippen LogP contribution in [0.15, 0.2) is 173 Å². The first-order chi connectivity index (χ1) is 45.1. The number of ketones is 1. The number of aryl methyl sites for hydroxylation is 1. The van der Waals surface area contributed by atoms with Crippen LogP contribution in [0.1, 0.15) is 67.6 Å². The van der Waals surface area contributed by atoms with Crippen LogP contribution in [0.5, 0.6) is 0 Å². The summed E-state index contributed by atoms with van der Waals surface area (Å²) in [6.45, 7) is 3.70. The molecule has 0 spiro atoms. The first-order valence-electron chi connectivity index (χ1n) is 27.3. The molecule has 14 nitrogen and oxygen atoms in total. The molecule has 0 aliphatic rings. The molecule has 9 aromatic rings. The number of nitrogen functional groups attached to an aromatic ring is 1. The first-order valence-corrected chi connectivity index (χ1v) is 30.4. The summed E-state index contributed by atoms with van der Waals surface area (Å²) < 4.78 is 206. The monoisotopic (exact) mass is 1540 g/mol. The molecular formula is C63H51BBr2F15N5O9S2. The number of carbonyl (C=O) groups excluding carboxylic acids is 2. The lowest BCUT2D eigenvalue weighted by molar-refractivity contribution is -0.144. The number of anilines is 1. The van der Waals surface area contributed by atoms with E-state index < -0.39 is 77.8 Å². The molecule has 0 bridgehead atoms. The van der Waals surface area contributed by atoms with Crippen molar-refractivity contribution in [1.82, 2.24) is 18.7 Å². The number of carboxylic acids is 2. The molecule has 0 atom stereocenters. The number of benzene rings is 7. The molecule has 97 heavy (non-hydrogen) atoms. The van der Waals surface area contributed by atoms with Gasteiger partial charge >= 0.3 is 55.9 Å². The Morgan fingerprint density at radius 2 is 0.856 bits per heavy atom. The predicted molar refractivity (Wildman–Crippen MR) is 338 cm³/mol. The number of carbonyl (C=O) groups is 4. The fourth-order valence-corrected chi connectivity index (χ4v) is 9.75. The number of aliphatic carboxylic acids is 2. The lowest BCUT2D eigenvalue weighted by Gasteiger charge is -2.15. The molecule has 0 unspecified atom stereocenters. The van der Waals surface area contributed by atoms with Crippen LogP contribution in [-0.2, 0) is 86.9 Å². The van der Waals surface area contributed by atoms with Crippen molar-refractivity contribution in [3.63, 3.8) is 0 Å². The zero-order chi connectivity index (χ0) is 72.6. The quantitative estimate of drug-likeness (QED) is 0.0387. The number of rotatable bonds is 14. The number of carboxylic acid groups (broad SMARTS) is 2. The molecule has 34 heteroatoms. The Kier molecular flexibility index (Phi) is 30.6. The molecule has 516 valence electrons. The number of halogens is 17. The number of Topliss-reactive ketones (excluding diaryl/α,β-unsaturated/α-hetero) is 1. The molecule has 7 aromatic carbocycles. The van der Waals surface area contributed by atoms with E-state index in [1.165, 1.54) is 79.6 Å². The summed E-state index contributed by atoms with van der Waals surface area (Å²) >= 11 is 8.87. The highest BCUT2D eigenvalue weighted by atomic mass is 79.9. The van der Waals surface area contributed by atoms with Gasteiger partial charge in [0.05, 0.1) is 60.1 Å². The van der Waals surface area contributed by atoms with Crippen LogP contribution in [0.2, 0.25) is 0 Å². The maximum absolute atomic E-state index is 13.1. The summed E-state index contributed by atoms with van der Waals surface area (Å²) in [7, 11) is -1.88. The van der Waals surface area contributed by atoms with Gasteiger partial charge in [0, 0.05) is 26.9 Å². The maximum atomic E-state index is 13.1. The van der Waals surface area contributed by atoms with Gasteiger partial charge in [-0.1, -0.05) is 122 Å². The third kappa shape index (κ3) is 29.8. The van der Waals surface area contributed by atoms with E-state index in [0.717, 1.165) is 43.7 Å². The molecule has 9 rings (SSSR count). The van der Waals surface area contributed by atoms with Gasteiger partial charge in [0.15, 0.2) is 5.13 Å². The summed E-state index contributed by atoms with van der Waals surface area (Å²) in [5.74, 6) is -2.34. The Morgan fingerprint density at radius 3 is 1.20 bits per heavy atom. The number of aromatic nitrogens is 4. The summed E-state index contributed by atoms with van der Waals surface area (Å²) in [5, 5.41) is 35.7. The van der Waals surface area contributed by atoms with E-state index in [9.17, 15) is 85.0 Å². The van der Waals surface area contributed by atoms with E-state index in [2.05, 4.69) is 50.6 Å². The number of ether oxygens (including phenoxy) is 1. The van der Waals surface area contributed by atoms with E-state index in [1.54, 1.807) is 25.1 Å². The lowest BCUT2D eigenvalue weighted by atomic mass is 9.78. The van der Waals surface area contributed by atoms with E-state index in [1.807, 2.05) is 36.4 Å². The first kappa shape index (κ1) is 80.9. The van der Waals surface area contributed by atoms with E-state index in [0.29, 0.717) is 58.6 Å². The largest absolute Gasteiger partial charge is 0.488 e. The number of nitrogens with zero attached hydrogens (tertiary/aromatic N) is 4. The van der Waals surface area contributed by atoms with Crippen LogP contribution in [0, 0.1) is 6.92 Å². The van der Waals surface area contributed by atoms with Gasteiger partial charge in [0.2, 0.25) is 0 Å². The van der Waals surface area contributed by atoms with Gasteiger partial charge in [-0.3, -0.25) is 19.2 Å². The van der Waals surface area contributed by atoms with Gasteiger partial charge in [-0.05, 0) is 142 Å². The van der Waals surface area contributed by atoms with E-state index in [-0.39, 0.29) is 82.8 Å². The van der Waals surface area contributed by atoms with Crippen molar-refractivity contribution in [2.75, 3.05) is 12.3 Å². The maximum Gasteiger partial charge on any atom is 0.488 e. The number of esters is 1. The average molecular weight is 1540 g/mol. The van der Waals surface area contributed by atoms with Crippen molar-refractivity contribution in [2.24, 2.45) is 0 Å².